The van der Waals surface area contributed by atoms with E-state index >= 15 is 0 Å². The van der Waals surface area contributed by atoms with E-state index in [1.165, 1.54) is 0 Å². The molecule has 3 aromatic rings. The Balaban J connectivity index is 1.79. The molecule has 138 valence electrons. The highest BCUT2D eigenvalue weighted by molar-refractivity contribution is 7.08. The van der Waals surface area contributed by atoms with Crippen LogP contribution in [0, 0.1) is 11.8 Å². The van der Waals surface area contributed by atoms with Crippen LogP contribution in [0.4, 0.5) is 0 Å². The molecule has 0 aliphatic heterocycles. The molecule has 2 atom stereocenters. The van der Waals surface area contributed by atoms with Gasteiger partial charge in [0.05, 0.1) is 11.8 Å². The lowest BCUT2D eigenvalue weighted by atomic mass is 9.82. The van der Waals surface area contributed by atoms with Crippen molar-refractivity contribution in [2.24, 2.45) is 11.8 Å². The van der Waals surface area contributed by atoms with Crippen LogP contribution in [0.5, 0.6) is 0 Å². The molecular weight excluding hydrogens is 360 g/mol. The normalized spacial score (nSPS) is 13.0. The van der Waals surface area contributed by atoms with Crippen molar-refractivity contribution < 1.29 is 19.8 Å². The minimum atomic E-state index is -1.08. The van der Waals surface area contributed by atoms with Crippen LogP contribution < -0.4 is 0 Å². The molecule has 0 saturated heterocycles. The topological polar surface area (TPSA) is 74.6 Å². The number of carboxylic acids is 2. The Kier molecular flexibility index (Phi) is 6.04. The van der Waals surface area contributed by atoms with E-state index in [0.717, 1.165) is 22.3 Å². The molecule has 0 fully saturated rings. The molecule has 0 saturated carbocycles. The largest absolute Gasteiger partial charge is 0.481 e. The third-order valence-electron chi connectivity index (χ3n) is 4.68. The molecule has 0 aliphatic carbocycles. The molecule has 1 aromatic heterocycles. The summed E-state index contributed by atoms with van der Waals surface area (Å²) in [5.74, 6) is -4.14. The van der Waals surface area contributed by atoms with E-state index in [9.17, 15) is 19.8 Å². The Bertz CT molecular complexity index is 886. The van der Waals surface area contributed by atoms with Crippen molar-refractivity contribution in [1.82, 2.24) is 0 Å². The van der Waals surface area contributed by atoms with Crippen molar-refractivity contribution in [3.63, 3.8) is 0 Å². The minimum absolute atomic E-state index is 0.184. The monoisotopic (exact) mass is 380 g/mol. The van der Waals surface area contributed by atoms with Crippen LogP contribution in [-0.4, -0.2) is 22.2 Å². The summed E-state index contributed by atoms with van der Waals surface area (Å²) in [4.78, 5) is 23.6. The van der Waals surface area contributed by atoms with Crippen LogP contribution in [0.15, 0.2) is 71.4 Å². The molecule has 27 heavy (non-hydrogen) atoms. The van der Waals surface area contributed by atoms with E-state index in [4.69, 9.17) is 0 Å². The van der Waals surface area contributed by atoms with Crippen molar-refractivity contribution in [1.29, 1.82) is 0 Å². The third-order valence-corrected chi connectivity index (χ3v) is 5.37. The molecular formula is C22H20O4S. The van der Waals surface area contributed by atoms with E-state index in [-0.39, 0.29) is 12.8 Å². The number of benzene rings is 2. The van der Waals surface area contributed by atoms with E-state index in [1.807, 2.05) is 66.0 Å². The second kappa shape index (κ2) is 8.64. The van der Waals surface area contributed by atoms with Crippen molar-refractivity contribution in [3.8, 4) is 11.1 Å². The highest BCUT2D eigenvalue weighted by Gasteiger charge is 2.33. The average Bonchev–Trinajstić information content (AvgIpc) is 3.20. The molecule has 5 heteroatoms. The SMILES string of the molecule is O=C(O)[C@@H](Cc1ccccc1)[C@H](Cc1ccc(-c2ccsc2)cc1)C(=O)O. The lowest BCUT2D eigenvalue weighted by Gasteiger charge is -2.21. The number of aliphatic carboxylic acids is 2. The number of hydrogen-bond donors (Lipinski definition) is 2. The van der Waals surface area contributed by atoms with Gasteiger partial charge in [-0.2, -0.15) is 11.3 Å². The number of carboxylic acid groups (broad SMARTS) is 2. The van der Waals surface area contributed by atoms with Gasteiger partial charge in [0.1, 0.15) is 0 Å². The number of thiophene rings is 1. The molecule has 0 radical (unpaired) electrons. The number of carbonyl (C=O) groups is 2. The van der Waals surface area contributed by atoms with Crippen LogP contribution >= 0.6 is 11.3 Å². The molecule has 0 aliphatic rings. The molecule has 0 spiro atoms. The molecule has 2 aromatic carbocycles. The maximum atomic E-state index is 11.8. The highest BCUT2D eigenvalue weighted by Crippen LogP contribution is 2.26. The summed E-state index contributed by atoms with van der Waals surface area (Å²) in [5, 5.41) is 23.4. The van der Waals surface area contributed by atoms with Gasteiger partial charge in [0, 0.05) is 0 Å². The Morgan fingerprint density at radius 3 is 1.78 bits per heavy atom. The van der Waals surface area contributed by atoms with Gasteiger partial charge in [0.15, 0.2) is 0 Å². The standard InChI is InChI=1S/C22H20O4S/c23-21(24)19(12-15-4-2-1-3-5-15)20(22(25)26)13-16-6-8-17(9-7-16)18-10-11-27-14-18/h1-11,14,19-20H,12-13H2,(H,23,24)(H,25,26)/t19-,20-/m0/s1. The summed E-state index contributed by atoms with van der Waals surface area (Å²) in [6, 6.07) is 18.8. The summed E-state index contributed by atoms with van der Waals surface area (Å²) >= 11 is 1.62. The number of rotatable bonds is 8. The zero-order chi connectivity index (χ0) is 19.2. The summed E-state index contributed by atoms with van der Waals surface area (Å²) in [6.07, 6.45) is 0.378. The smallest absolute Gasteiger partial charge is 0.307 e. The first kappa shape index (κ1) is 18.9. The molecule has 1 heterocycles. The maximum Gasteiger partial charge on any atom is 0.307 e. The van der Waals surface area contributed by atoms with Gasteiger partial charge in [-0.3, -0.25) is 9.59 Å². The molecule has 2 N–H and O–H groups in total. The van der Waals surface area contributed by atoms with Crippen LogP contribution in [0.1, 0.15) is 11.1 Å². The van der Waals surface area contributed by atoms with Crippen LogP contribution in [0.3, 0.4) is 0 Å². The van der Waals surface area contributed by atoms with Crippen molar-refractivity contribution in [3.05, 3.63) is 82.6 Å². The summed E-state index contributed by atoms with van der Waals surface area (Å²) in [5.41, 5.74) is 3.82. The first-order valence-corrected chi connectivity index (χ1v) is 9.60. The fourth-order valence-electron chi connectivity index (χ4n) is 3.19. The van der Waals surface area contributed by atoms with Gasteiger partial charge in [0.25, 0.3) is 0 Å². The molecule has 0 unspecified atom stereocenters. The highest BCUT2D eigenvalue weighted by atomic mass is 32.1. The minimum Gasteiger partial charge on any atom is -0.481 e. The van der Waals surface area contributed by atoms with E-state index in [0.29, 0.717) is 0 Å². The summed E-state index contributed by atoms with van der Waals surface area (Å²) < 4.78 is 0. The first-order chi connectivity index (χ1) is 13.0. The van der Waals surface area contributed by atoms with Gasteiger partial charge in [0.2, 0.25) is 0 Å². The molecule has 0 amide bonds. The van der Waals surface area contributed by atoms with Gasteiger partial charge in [-0.15, -0.1) is 0 Å². The second-order valence-corrected chi connectivity index (χ2v) is 7.27. The molecule has 3 rings (SSSR count). The predicted octanol–water partition coefficient (Wildman–Crippen LogP) is 4.60. The van der Waals surface area contributed by atoms with Crippen molar-refractivity contribution in [2.75, 3.05) is 0 Å². The van der Waals surface area contributed by atoms with Crippen LogP contribution in [0.2, 0.25) is 0 Å². The lowest BCUT2D eigenvalue weighted by molar-refractivity contribution is -0.153. The Morgan fingerprint density at radius 2 is 1.30 bits per heavy atom. The van der Waals surface area contributed by atoms with Gasteiger partial charge in [-0.05, 0) is 51.9 Å². The van der Waals surface area contributed by atoms with Crippen molar-refractivity contribution >= 4 is 23.3 Å². The van der Waals surface area contributed by atoms with E-state index < -0.39 is 23.8 Å². The fraction of sp³-hybridized carbons (Fsp3) is 0.182. The van der Waals surface area contributed by atoms with Crippen LogP contribution in [-0.2, 0) is 22.4 Å². The lowest BCUT2D eigenvalue weighted by Crippen LogP contribution is -2.33. The maximum absolute atomic E-state index is 11.8. The van der Waals surface area contributed by atoms with Gasteiger partial charge < -0.3 is 10.2 Å². The quantitative estimate of drug-likeness (QED) is 0.599. The Morgan fingerprint density at radius 1 is 0.741 bits per heavy atom. The van der Waals surface area contributed by atoms with Gasteiger partial charge in [-0.25, -0.2) is 0 Å². The van der Waals surface area contributed by atoms with Gasteiger partial charge in [-0.1, -0.05) is 54.6 Å². The third kappa shape index (κ3) is 4.83. The zero-order valence-corrected chi connectivity index (χ0v) is 15.4. The van der Waals surface area contributed by atoms with Crippen LogP contribution in [0.25, 0.3) is 11.1 Å². The first-order valence-electron chi connectivity index (χ1n) is 8.65. The summed E-state index contributed by atoms with van der Waals surface area (Å²) in [7, 11) is 0. The Hall–Kier alpha value is -2.92. The number of hydrogen-bond acceptors (Lipinski definition) is 3. The average molecular weight is 380 g/mol. The zero-order valence-electron chi connectivity index (χ0n) is 14.6. The fourth-order valence-corrected chi connectivity index (χ4v) is 3.85. The molecule has 4 nitrogen and oxygen atoms in total. The molecule has 0 bridgehead atoms. The van der Waals surface area contributed by atoms with E-state index in [2.05, 4.69) is 5.38 Å². The van der Waals surface area contributed by atoms with Crippen molar-refractivity contribution in [2.45, 2.75) is 12.8 Å². The van der Waals surface area contributed by atoms with Gasteiger partial charge >= 0.3 is 11.9 Å². The Labute approximate surface area is 161 Å². The van der Waals surface area contributed by atoms with E-state index in [1.54, 1.807) is 11.3 Å². The summed E-state index contributed by atoms with van der Waals surface area (Å²) in [6.45, 7) is 0. The second-order valence-electron chi connectivity index (χ2n) is 6.49. The predicted molar refractivity (Wildman–Crippen MR) is 106 cm³/mol.